The Morgan fingerprint density at radius 3 is 2.04 bits per heavy atom. The molecule has 1 aliphatic rings. The molecule has 2 aromatic carbocycles. The van der Waals surface area contributed by atoms with Crippen molar-refractivity contribution < 1.29 is 19.1 Å². The number of esters is 1. The first-order valence-electron chi connectivity index (χ1n) is 8.33. The molecular formula is C19H20N4O4. The third-order valence-corrected chi connectivity index (χ3v) is 4.23. The number of methoxy groups -OCH3 is 1. The van der Waals surface area contributed by atoms with Gasteiger partial charge in [-0.1, -0.05) is 0 Å². The molecule has 0 unspecified atom stereocenters. The fourth-order valence-corrected chi connectivity index (χ4v) is 2.76. The third kappa shape index (κ3) is 4.00. The smallest absolute Gasteiger partial charge is 0.343 e. The molecule has 140 valence electrons. The highest BCUT2D eigenvalue weighted by molar-refractivity contribution is 6.06. The Hall–Kier alpha value is -3.55. The van der Waals surface area contributed by atoms with Gasteiger partial charge in [-0.25, -0.2) is 9.59 Å². The maximum Gasteiger partial charge on any atom is 0.343 e. The van der Waals surface area contributed by atoms with Crippen LogP contribution in [0.2, 0.25) is 0 Å². The van der Waals surface area contributed by atoms with E-state index in [9.17, 15) is 9.59 Å². The van der Waals surface area contributed by atoms with Gasteiger partial charge in [0.05, 0.1) is 7.11 Å². The summed E-state index contributed by atoms with van der Waals surface area (Å²) in [5.74, 6) is 0.0538. The summed E-state index contributed by atoms with van der Waals surface area (Å²) in [6.07, 6.45) is 0. The number of nitrogens with two attached hydrogens (primary N) is 1. The first-order chi connectivity index (χ1) is 13.0. The van der Waals surface area contributed by atoms with Crippen LogP contribution < -0.4 is 20.3 Å². The van der Waals surface area contributed by atoms with E-state index in [4.69, 9.17) is 15.9 Å². The third-order valence-electron chi connectivity index (χ3n) is 4.23. The van der Waals surface area contributed by atoms with E-state index < -0.39 is 5.97 Å². The van der Waals surface area contributed by atoms with E-state index in [2.05, 4.69) is 4.74 Å². The summed E-state index contributed by atoms with van der Waals surface area (Å²) >= 11 is 0. The number of carbonyl (C=O) groups is 2. The van der Waals surface area contributed by atoms with Crippen LogP contribution in [0, 0.1) is 5.41 Å². The quantitative estimate of drug-likeness (QED) is 0.460. The van der Waals surface area contributed by atoms with E-state index in [-0.39, 0.29) is 18.5 Å². The number of carbonyl (C=O) groups excluding carboxylic acids is 2. The summed E-state index contributed by atoms with van der Waals surface area (Å²) in [5, 5.41) is 7.43. The molecule has 3 N–H and O–H groups in total. The molecule has 8 nitrogen and oxygen atoms in total. The second-order valence-corrected chi connectivity index (χ2v) is 5.91. The highest BCUT2D eigenvalue weighted by Gasteiger charge is 2.30. The standard InChI is InChI=1S/C19H20N4O4/c1-26-17(24)12-27-16-8-6-15(7-9-16)23-11-10-22(19(23)25)14-4-2-13(3-5-14)18(20)21/h2-9H,10-12H2,1H3,(H3,20,21). The van der Waals surface area contributed by atoms with Crippen LogP contribution in [0.1, 0.15) is 5.56 Å². The number of hydrogen-bond acceptors (Lipinski definition) is 5. The van der Waals surface area contributed by atoms with Gasteiger partial charge in [0, 0.05) is 30.0 Å². The number of amides is 2. The Morgan fingerprint density at radius 2 is 1.56 bits per heavy atom. The molecule has 2 amide bonds. The van der Waals surface area contributed by atoms with Gasteiger partial charge >= 0.3 is 12.0 Å². The highest BCUT2D eigenvalue weighted by atomic mass is 16.6. The van der Waals surface area contributed by atoms with Crippen molar-refractivity contribution in [2.24, 2.45) is 5.73 Å². The molecule has 1 heterocycles. The highest BCUT2D eigenvalue weighted by Crippen LogP contribution is 2.27. The van der Waals surface area contributed by atoms with Crippen molar-refractivity contribution >= 4 is 29.2 Å². The van der Waals surface area contributed by atoms with Crippen molar-refractivity contribution in [1.29, 1.82) is 5.41 Å². The van der Waals surface area contributed by atoms with Crippen molar-refractivity contribution in [2.45, 2.75) is 0 Å². The molecule has 2 aromatic rings. The van der Waals surface area contributed by atoms with Gasteiger partial charge in [0.25, 0.3) is 0 Å². The summed E-state index contributed by atoms with van der Waals surface area (Å²) < 4.78 is 9.83. The van der Waals surface area contributed by atoms with Crippen LogP contribution in [-0.4, -0.2) is 44.6 Å². The normalized spacial score (nSPS) is 13.6. The van der Waals surface area contributed by atoms with Gasteiger partial charge in [0.2, 0.25) is 0 Å². The van der Waals surface area contributed by atoms with Gasteiger partial charge in [-0.05, 0) is 48.5 Å². The number of benzene rings is 2. The summed E-state index contributed by atoms with van der Waals surface area (Å²) in [6.45, 7) is 0.941. The number of amidine groups is 1. The Balaban J connectivity index is 1.67. The minimum Gasteiger partial charge on any atom is -0.482 e. The van der Waals surface area contributed by atoms with Gasteiger partial charge in [-0.3, -0.25) is 15.2 Å². The van der Waals surface area contributed by atoms with Gasteiger partial charge < -0.3 is 15.2 Å². The van der Waals surface area contributed by atoms with E-state index in [0.717, 1.165) is 11.4 Å². The Bertz CT molecular complexity index is 849. The Labute approximate surface area is 156 Å². The molecule has 27 heavy (non-hydrogen) atoms. The number of nitrogens with one attached hydrogen (secondary N) is 1. The van der Waals surface area contributed by atoms with Gasteiger partial charge in [-0.15, -0.1) is 0 Å². The predicted octanol–water partition coefficient (Wildman–Crippen LogP) is 1.97. The summed E-state index contributed by atoms with van der Waals surface area (Å²) in [7, 11) is 1.30. The number of hydrogen-bond donors (Lipinski definition) is 2. The molecule has 8 heteroatoms. The average molecular weight is 368 g/mol. The summed E-state index contributed by atoms with van der Waals surface area (Å²) in [4.78, 5) is 27.2. The van der Waals surface area contributed by atoms with Crippen LogP contribution in [0.5, 0.6) is 5.75 Å². The first-order valence-corrected chi connectivity index (χ1v) is 8.33. The lowest BCUT2D eigenvalue weighted by Crippen LogP contribution is -2.31. The van der Waals surface area contributed by atoms with Crippen LogP contribution in [0.25, 0.3) is 0 Å². The SMILES string of the molecule is COC(=O)COc1ccc(N2CCN(c3ccc(C(=N)N)cc3)C2=O)cc1. The monoisotopic (exact) mass is 368 g/mol. The fourth-order valence-electron chi connectivity index (χ4n) is 2.76. The number of urea groups is 1. The Morgan fingerprint density at radius 1 is 1.04 bits per heavy atom. The van der Waals surface area contributed by atoms with Crippen LogP contribution in [0.3, 0.4) is 0 Å². The van der Waals surface area contributed by atoms with Crippen molar-refractivity contribution in [3.63, 3.8) is 0 Å². The Kier molecular flexibility index (Phi) is 5.25. The largest absolute Gasteiger partial charge is 0.482 e. The van der Waals surface area contributed by atoms with E-state index in [0.29, 0.717) is 24.4 Å². The van der Waals surface area contributed by atoms with E-state index >= 15 is 0 Å². The van der Waals surface area contributed by atoms with Gasteiger partial charge in [0.15, 0.2) is 6.61 Å². The number of nitrogen functional groups attached to an aromatic ring is 1. The van der Waals surface area contributed by atoms with E-state index in [1.54, 1.807) is 58.3 Å². The maximum absolute atomic E-state index is 12.8. The lowest BCUT2D eigenvalue weighted by molar-refractivity contribution is -0.142. The molecule has 0 aromatic heterocycles. The van der Waals surface area contributed by atoms with E-state index in [1.807, 2.05) is 0 Å². The lowest BCUT2D eigenvalue weighted by atomic mass is 10.2. The molecule has 1 aliphatic heterocycles. The number of anilines is 2. The minimum absolute atomic E-state index is 0.00886. The van der Waals surface area contributed by atoms with Crippen molar-refractivity contribution in [3.05, 3.63) is 54.1 Å². The molecular weight excluding hydrogens is 348 g/mol. The van der Waals surface area contributed by atoms with Gasteiger partial charge in [-0.2, -0.15) is 0 Å². The number of nitrogens with zero attached hydrogens (tertiary/aromatic N) is 2. The van der Waals surface area contributed by atoms with Crippen LogP contribution in [0.4, 0.5) is 16.2 Å². The molecule has 0 aliphatic carbocycles. The topological polar surface area (TPSA) is 109 Å². The zero-order valence-electron chi connectivity index (χ0n) is 14.8. The maximum atomic E-state index is 12.8. The van der Waals surface area contributed by atoms with Crippen molar-refractivity contribution in [2.75, 3.05) is 36.6 Å². The molecule has 1 saturated heterocycles. The summed E-state index contributed by atoms with van der Waals surface area (Å²) in [5.41, 5.74) is 7.57. The molecule has 0 bridgehead atoms. The van der Waals surface area contributed by atoms with E-state index in [1.165, 1.54) is 7.11 Å². The second-order valence-electron chi connectivity index (χ2n) is 5.91. The summed E-state index contributed by atoms with van der Waals surface area (Å²) in [6, 6.07) is 13.8. The number of ether oxygens (including phenoxy) is 2. The average Bonchev–Trinajstić information content (AvgIpc) is 3.08. The minimum atomic E-state index is -0.458. The van der Waals surface area contributed by atoms with Crippen LogP contribution in [-0.2, 0) is 9.53 Å². The molecule has 0 saturated carbocycles. The molecule has 0 radical (unpaired) electrons. The zero-order valence-corrected chi connectivity index (χ0v) is 14.8. The predicted molar refractivity (Wildman–Crippen MR) is 101 cm³/mol. The fraction of sp³-hybridized carbons (Fsp3) is 0.211. The molecule has 1 fully saturated rings. The lowest BCUT2D eigenvalue weighted by Gasteiger charge is -2.19. The molecule has 0 spiro atoms. The number of rotatable bonds is 6. The van der Waals surface area contributed by atoms with Crippen LogP contribution in [0.15, 0.2) is 48.5 Å². The van der Waals surface area contributed by atoms with Crippen LogP contribution >= 0.6 is 0 Å². The molecule has 0 atom stereocenters. The second kappa shape index (κ2) is 7.77. The van der Waals surface area contributed by atoms with Crippen molar-refractivity contribution in [3.8, 4) is 5.75 Å². The zero-order chi connectivity index (χ0) is 19.4. The van der Waals surface area contributed by atoms with Crippen molar-refractivity contribution in [1.82, 2.24) is 0 Å². The molecule has 3 rings (SSSR count). The van der Waals surface area contributed by atoms with Gasteiger partial charge in [0.1, 0.15) is 11.6 Å². The first kappa shape index (κ1) is 18.2.